The zero-order valence-corrected chi connectivity index (χ0v) is 40.4. The maximum absolute atomic E-state index is 2.64. The first-order valence-corrected chi connectivity index (χ1v) is 23.7. The van der Waals surface area contributed by atoms with Gasteiger partial charge in [-0.05, 0) is 98.1 Å². The highest BCUT2D eigenvalue weighted by Gasteiger charge is 2.43. The number of pyridine rings is 1. The van der Waals surface area contributed by atoms with E-state index in [2.05, 4.69) is 234 Å². The van der Waals surface area contributed by atoms with E-state index in [4.69, 9.17) is 0 Å². The standard InChI is InChI=1S/C60H68B2N/c1-38(2)48-32-46(44-22-16-14-17-23-44)33-49(39(3)4)58(48)61-53-26-20-21-27-54(53)62(59-50(40(5)6)34-47(35-51(59)41(7)8)45-24-18-15-19-25-45)56-36-52(42(9)30-55(56)61)57-31-43(28-29-63(57)13)37-60(10,11)12/h14-36,38-41H,37H2,1-13H3/q+1. The lowest BCUT2D eigenvalue weighted by Gasteiger charge is -2.37. The number of aromatic nitrogens is 1. The quantitative estimate of drug-likeness (QED) is 0.0955. The largest absolute Gasteiger partial charge is 0.240 e. The number of nitrogens with zero attached hydrogens (tertiary/aromatic N) is 1. The van der Waals surface area contributed by atoms with Gasteiger partial charge in [-0.2, -0.15) is 0 Å². The minimum atomic E-state index is 0.0584. The van der Waals surface area contributed by atoms with Gasteiger partial charge < -0.3 is 0 Å². The maximum Gasteiger partial charge on any atom is 0.240 e. The van der Waals surface area contributed by atoms with Crippen molar-refractivity contribution in [2.45, 2.75) is 113 Å². The Bertz CT molecular complexity index is 2710. The molecule has 6 aromatic carbocycles. The van der Waals surface area contributed by atoms with Gasteiger partial charge in [0.2, 0.25) is 19.1 Å². The Morgan fingerprint density at radius 3 is 1.25 bits per heavy atom. The predicted molar refractivity (Wildman–Crippen MR) is 277 cm³/mol. The third-order valence-corrected chi connectivity index (χ3v) is 13.7. The molecule has 0 saturated heterocycles. The van der Waals surface area contributed by atoms with Crippen molar-refractivity contribution in [2.75, 3.05) is 0 Å². The molecule has 0 radical (unpaired) electrons. The lowest BCUT2D eigenvalue weighted by molar-refractivity contribution is -0.660. The molecule has 8 rings (SSSR count). The molecule has 0 spiro atoms. The molecule has 0 saturated carbocycles. The smallest absolute Gasteiger partial charge is 0.201 e. The van der Waals surface area contributed by atoms with Crippen LogP contribution in [0.2, 0.25) is 0 Å². The Labute approximate surface area is 381 Å². The highest BCUT2D eigenvalue weighted by Crippen LogP contribution is 2.32. The summed E-state index contributed by atoms with van der Waals surface area (Å²) in [6, 6.07) is 51.6. The van der Waals surface area contributed by atoms with Gasteiger partial charge in [-0.25, -0.2) is 4.57 Å². The predicted octanol–water partition coefficient (Wildman–Crippen LogP) is 11.2. The second kappa shape index (κ2) is 17.6. The first kappa shape index (κ1) is 44.2. The Kier molecular flexibility index (Phi) is 12.4. The molecule has 1 aliphatic rings. The van der Waals surface area contributed by atoms with Crippen molar-refractivity contribution in [3.63, 3.8) is 0 Å². The van der Waals surface area contributed by atoms with E-state index in [-0.39, 0.29) is 18.8 Å². The lowest BCUT2D eigenvalue weighted by Crippen LogP contribution is -2.76. The highest BCUT2D eigenvalue weighted by atomic mass is 14.9. The van der Waals surface area contributed by atoms with Crippen LogP contribution in [-0.4, -0.2) is 13.4 Å². The van der Waals surface area contributed by atoms with Crippen molar-refractivity contribution in [1.29, 1.82) is 0 Å². The number of rotatable bonds is 10. The minimum absolute atomic E-state index is 0.0584. The Morgan fingerprint density at radius 2 is 0.857 bits per heavy atom. The summed E-state index contributed by atoms with van der Waals surface area (Å²) in [6.07, 6.45) is 3.31. The normalized spacial score (nSPS) is 12.8. The van der Waals surface area contributed by atoms with E-state index in [9.17, 15) is 0 Å². The first-order chi connectivity index (χ1) is 30.0. The first-order valence-electron chi connectivity index (χ1n) is 23.7. The zero-order chi connectivity index (χ0) is 44.9. The van der Waals surface area contributed by atoms with E-state index < -0.39 is 0 Å². The molecule has 0 N–H and O–H groups in total. The molecule has 1 aliphatic heterocycles. The summed E-state index contributed by atoms with van der Waals surface area (Å²) in [4.78, 5) is 0. The highest BCUT2D eigenvalue weighted by molar-refractivity contribution is 7.11. The van der Waals surface area contributed by atoms with Gasteiger partial charge in [0, 0.05) is 17.7 Å². The summed E-state index contributed by atoms with van der Waals surface area (Å²) in [5, 5.41) is 0. The van der Waals surface area contributed by atoms with Crippen LogP contribution in [0.5, 0.6) is 0 Å². The van der Waals surface area contributed by atoms with Crippen LogP contribution in [0.1, 0.15) is 133 Å². The summed E-state index contributed by atoms with van der Waals surface area (Å²) >= 11 is 0. The van der Waals surface area contributed by atoms with Gasteiger partial charge in [0.05, 0.1) is 0 Å². The van der Waals surface area contributed by atoms with Crippen molar-refractivity contribution in [3.8, 4) is 33.5 Å². The summed E-state index contributed by atoms with van der Waals surface area (Å²) in [6.45, 7) is 28.7. The van der Waals surface area contributed by atoms with Crippen molar-refractivity contribution < 1.29 is 4.57 Å². The van der Waals surface area contributed by atoms with E-state index in [0.29, 0.717) is 23.7 Å². The molecule has 318 valence electrons. The molecule has 0 unspecified atom stereocenters. The van der Waals surface area contributed by atoms with Gasteiger partial charge in [0.15, 0.2) is 6.20 Å². The average molecular weight is 825 g/mol. The van der Waals surface area contributed by atoms with Crippen LogP contribution in [0.15, 0.2) is 140 Å². The number of hydrogen-bond acceptors (Lipinski definition) is 0. The molecular formula is C60H68B2N+. The molecule has 0 amide bonds. The summed E-state index contributed by atoms with van der Waals surface area (Å²) in [7, 11) is 2.22. The SMILES string of the molecule is Cc1cc2c(cc1-c1cc(CC(C)(C)C)cc[n+]1C)B(c1c(C(C)C)cc(-c3ccccc3)cc1C(C)C)c1ccccc1B2c1c(C(C)C)cc(-c2ccccc2)cc1C(C)C. The molecular weight excluding hydrogens is 756 g/mol. The molecule has 7 aromatic rings. The van der Waals surface area contributed by atoms with Crippen LogP contribution in [-0.2, 0) is 13.5 Å². The Balaban J connectivity index is 1.49. The van der Waals surface area contributed by atoms with Crippen molar-refractivity contribution >= 4 is 46.2 Å². The molecule has 0 bridgehead atoms. The van der Waals surface area contributed by atoms with Crippen LogP contribution in [0, 0.1) is 12.3 Å². The summed E-state index contributed by atoms with van der Waals surface area (Å²) in [5.74, 6) is 1.34. The van der Waals surface area contributed by atoms with Crippen LogP contribution in [0.25, 0.3) is 33.5 Å². The fourth-order valence-electron chi connectivity index (χ4n) is 10.7. The van der Waals surface area contributed by atoms with E-state index in [1.165, 1.54) is 99.7 Å². The fourth-order valence-corrected chi connectivity index (χ4v) is 10.7. The van der Waals surface area contributed by atoms with Crippen LogP contribution >= 0.6 is 0 Å². The Morgan fingerprint density at radius 1 is 0.460 bits per heavy atom. The summed E-state index contributed by atoms with van der Waals surface area (Å²) in [5.41, 5.74) is 25.2. The summed E-state index contributed by atoms with van der Waals surface area (Å²) < 4.78 is 2.34. The van der Waals surface area contributed by atoms with E-state index in [1.807, 2.05) is 0 Å². The third kappa shape index (κ3) is 8.66. The molecule has 0 atom stereocenters. The minimum Gasteiger partial charge on any atom is -0.201 e. The van der Waals surface area contributed by atoms with Crippen LogP contribution in [0.4, 0.5) is 0 Å². The lowest BCUT2D eigenvalue weighted by atomic mass is 9.19. The maximum atomic E-state index is 2.64. The van der Waals surface area contributed by atoms with Crippen LogP contribution < -0.4 is 37.3 Å². The Hall–Kier alpha value is -5.40. The van der Waals surface area contributed by atoms with Crippen LogP contribution in [0.3, 0.4) is 0 Å². The van der Waals surface area contributed by atoms with Crippen molar-refractivity contribution in [1.82, 2.24) is 0 Å². The van der Waals surface area contributed by atoms with E-state index in [0.717, 1.165) is 6.42 Å². The average Bonchev–Trinajstić information content (AvgIpc) is 3.25. The van der Waals surface area contributed by atoms with E-state index >= 15 is 0 Å². The number of benzene rings is 6. The molecule has 1 nitrogen and oxygen atoms in total. The molecule has 3 heteroatoms. The second-order valence-corrected chi connectivity index (χ2v) is 21.0. The molecule has 63 heavy (non-hydrogen) atoms. The fraction of sp³-hybridized carbons (Fsp3) is 0.317. The number of fused-ring (bicyclic) bond motifs is 2. The van der Waals surface area contributed by atoms with Gasteiger partial charge in [0.25, 0.3) is 0 Å². The molecule has 0 fully saturated rings. The van der Waals surface area contributed by atoms with Gasteiger partial charge >= 0.3 is 0 Å². The topological polar surface area (TPSA) is 3.88 Å². The number of hydrogen-bond donors (Lipinski definition) is 0. The van der Waals surface area contributed by atoms with Gasteiger partial charge in [0.1, 0.15) is 7.05 Å². The van der Waals surface area contributed by atoms with Crippen molar-refractivity contribution in [2.24, 2.45) is 12.5 Å². The monoisotopic (exact) mass is 825 g/mol. The number of aryl methyl sites for hydroxylation is 2. The van der Waals surface area contributed by atoms with Gasteiger partial charge in [-0.3, -0.25) is 0 Å². The molecule has 2 heterocycles. The van der Waals surface area contributed by atoms with E-state index in [1.54, 1.807) is 0 Å². The van der Waals surface area contributed by atoms with Gasteiger partial charge in [-0.15, -0.1) is 0 Å². The third-order valence-electron chi connectivity index (χ3n) is 13.7. The molecule has 1 aromatic heterocycles. The molecule has 0 aliphatic carbocycles. The zero-order valence-electron chi connectivity index (χ0n) is 40.4. The van der Waals surface area contributed by atoms with Gasteiger partial charge in [-0.1, -0.05) is 230 Å². The second-order valence-electron chi connectivity index (χ2n) is 21.0. The van der Waals surface area contributed by atoms with Crippen molar-refractivity contribution in [3.05, 3.63) is 173 Å².